The molecule has 65 valence electrons. The maximum Gasteiger partial charge on any atom is 0.0875 e. The van der Waals surface area contributed by atoms with E-state index in [1.807, 2.05) is 31.2 Å². The van der Waals surface area contributed by atoms with Crippen molar-refractivity contribution >= 4 is 0 Å². The molecule has 0 unspecified atom stereocenters. The molecular formula is C11H15O. The Labute approximate surface area is 74.4 Å². The van der Waals surface area contributed by atoms with Gasteiger partial charge in [0.15, 0.2) is 0 Å². The van der Waals surface area contributed by atoms with Crippen LogP contribution in [0.1, 0.15) is 26.3 Å². The van der Waals surface area contributed by atoms with Gasteiger partial charge in [0.05, 0.1) is 5.60 Å². The van der Waals surface area contributed by atoms with Crippen LogP contribution in [0.15, 0.2) is 24.3 Å². The van der Waals surface area contributed by atoms with Crippen molar-refractivity contribution in [3.8, 4) is 0 Å². The Balaban J connectivity index is 2.82. The number of ether oxygens (including phenoxy) is 1. The molecule has 0 fully saturated rings. The summed E-state index contributed by atoms with van der Waals surface area (Å²) in [6, 6.07) is 10.9. The Kier molecular flexibility index (Phi) is 2.88. The third-order valence-corrected chi connectivity index (χ3v) is 1.92. The number of benzene rings is 1. The topological polar surface area (TPSA) is 9.23 Å². The van der Waals surface area contributed by atoms with Crippen LogP contribution in [0.5, 0.6) is 0 Å². The van der Waals surface area contributed by atoms with E-state index in [1.54, 1.807) is 0 Å². The highest BCUT2D eigenvalue weighted by atomic mass is 16.5. The summed E-state index contributed by atoms with van der Waals surface area (Å²) >= 11 is 0. The van der Waals surface area contributed by atoms with Crippen LogP contribution in [0.2, 0.25) is 0 Å². The largest absolute Gasteiger partial charge is 0.371 e. The summed E-state index contributed by atoms with van der Waals surface area (Å²) in [5.41, 5.74) is 1.02. The van der Waals surface area contributed by atoms with Crippen LogP contribution >= 0.6 is 0 Å². The fourth-order valence-electron chi connectivity index (χ4n) is 1.23. The third kappa shape index (κ3) is 2.08. The van der Waals surface area contributed by atoms with E-state index in [4.69, 9.17) is 4.74 Å². The average molecular weight is 163 g/mol. The highest BCUT2D eigenvalue weighted by Crippen LogP contribution is 2.23. The van der Waals surface area contributed by atoms with Gasteiger partial charge < -0.3 is 4.74 Å². The van der Waals surface area contributed by atoms with Crippen molar-refractivity contribution in [1.29, 1.82) is 0 Å². The van der Waals surface area contributed by atoms with Gasteiger partial charge in [-0.25, -0.2) is 0 Å². The predicted octanol–water partition coefficient (Wildman–Crippen LogP) is 2.76. The van der Waals surface area contributed by atoms with Crippen LogP contribution in [-0.2, 0) is 10.3 Å². The SMILES string of the molecule is CCOC(C)(C)c1cc[c]cc1. The summed E-state index contributed by atoms with van der Waals surface area (Å²) in [4.78, 5) is 0. The minimum Gasteiger partial charge on any atom is -0.371 e. The quantitative estimate of drug-likeness (QED) is 0.665. The Morgan fingerprint density at radius 3 is 2.42 bits per heavy atom. The first kappa shape index (κ1) is 9.27. The molecule has 0 aliphatic carbocycles. The Hall–Kier alpha value is -0.820. The second kappa shape index (κ2) is 3.72. The van der Waals surface area contributed by atoms with Gasteiger partial charge in [-0.15, -0.1) is 0 Å². The second-order valence-electron chi connectivity index (χ2n) is 3.23. The van der Waals surface area contributed by atoms with Crippen molar-refractivity contribution in [3.05, 3.63) is 35.9 Å². The smallest absolute Gasteiger partial charge is 0.0875 e. The Bertz CT molecular complexity index is 226. The van der Waals surface area contributed by atoms with Crippen molar-refractivity contribution < 1.29 is 4.74 Å². The molecule has 0 N–H and O–H groups in total. The van der Waals surface area contributed by atoms with Crippen LogP contribution < -0.4 is 0 Å². The summed E-state index contributed by atoms with van der Waals surface area (Å²) < 4.78 is 5.60. The molecule has 0 aliphatic heterocycles. The third-order valence-electron chi connectivity index (χ3n) is 1.92. The summed E-state index contributed by atoms with van der Waals surface area (Å²) in [5, 5.41) is 0. The van der Waals surface area contributed by atoms with Crippen molar-refractivity contribution in [2.75, 3.05) is 6.61 Å². The van der Waals surface area contributed by atoms with E-state index >= 15 is 0 Å². The zero-order chi connectivity index (χ0) is 9.03. The summed E-state index contributed by atoms with van der Waals surface area (Å²) in [5.74, 6) is 0. The molecule has 0 heterocycles. The maximum absolute atomic E-state index is 5.60. The molecule has 1 aromatic carbocycles. The van der Waals surface area contributed by atoms with Crippen molar-refractivity contribution in [2.24, 2.45) is 0 Å². The van der Waals surface area contributed by atoms with Gasteiger partial charge in [-0.1, -0.05) is 24.3 Å². The molecule has 1 heteroatoms. The molecule has 1 rings (SSSR count). The van der Waals surface area contributed by atoms with Crippen molar-refractivity contribution in [2.45, 2.75) is 26.4 Å². The zero-order valence-electron chi connectivity index (χ0n) is 7.92. The summed E-state index contributed by atoms with van der Waals surface area (Å²) in [6.07, 6.45) is 0. The van der Waals surface area contributed by atoms with E-state index in [2.05, 4.69) is 19.9 Å². The molecule has 0 spiro atoms. The highest BCUT2D eigenvalue weighted by Gasteiger charge is 2.19. The van der Waals surface area contributed by atoms with E-state index in [0.717, 1.165) is 6.61 Å². The lowest BCUT2D eigenvalue weighted by atomic mass is 9.98. The molecule has 0 aliphatic rings. The molecule has 0 saturated carbocycles. The Morgan fingerprint density at radius 1 is 1.33 bits per heavy atom. The lowest BCUT2D eigenvalue weighted by molar-refractivity contribution is -0.0140. The lowest BCUT2D eigenvalue weighted by Crippen LogP contribution is -2.21. The normalized spacial score (nSPS) is 11.6. The maximum atomic E-state index is 5.60. The van der Waals surface area contributed by atoms with Gasteiger partial charge in [0.1, 0.15) is 0 Å². The minimum atomic E-state index is -0.177. The van der Waals surface area contributed by atoms with Gasteiger partial charge in [0, 0.05) is 6.61 Å². The standard InChI is InChI=1S/C11H15O/c1-4-12-11(2,3)10-8-6-5-7-9-10/h6-9H,4H2,1-3H3. The fraction of sp³-hybridized carbons (Fsp3) is 0.455. The second-order valence-corrected chi connectivity index (χ2v) is 3.23. The molecule has 1 aromatic rings. The van der Waals surface area contributed by atoms with E-state index in [-0.39, 0.29) is 5.60 Å². The van der Waals surface area contributed by atoms with Crippen molar-refractivity contribution in [1.82, 2.24) is 0 Å². The van der Waals surface area contributed by atoms with E-state index in [9.17, 15) is 0 Å². The number of rotatable bonds is 3. The lowest BCUT2D eigenvalue weighted by Gasteiger charge is -2.24. The number of hydrogen-bond acceptors (Lipinski definition) is 1. The fourth-order valence-corrected chi connectivity index (χ4v) is 1.23. The molecule has 12 heavy (non-hydrogen) atoms. The van der Waals surface area contributed by atoms with Crippen molar-refractivity contribution in [3.63, 3.8) is 0 Å². The van der Waals surface area contributed by atoms with Crippen LogP contribution in [0.4, 0.5) is 0 Å². The molecule has 0 bridgehead atoms. The summed E-state index contributed by atoms with van der Waals surface area (Å²) in [6.45, 7) is 6.90. The molecule has 0 aromatic heterocycles. The Morgan fingerprint density at radius 2 is 1.92 bits per heavy atom. The molecule has 0 atom stereocenters. The van der Waals surface area contributed by atoms with Crippen LogP contribution in [-0.4, -0.2) is 6.61 Å². The van der Waals surface area contributed by atoms with Gasteiger partial charge in [0.25, 0.3) is 0 Å². The van der Waals surface area contributed by atoms with Crippen LogP contribution in [0.3, 0.4) is 0 Å². The summed E-state index contributed by atoms with van der Waals surface area (Å²) in [7, 11) is 0. The van der Waals surface area contributed by atoms with Gasteiger partial charge in [-0.2, -0.15) is 0 Å². The van der Waals surface area contributed by atoms with E-state index in [1.165, 1.54) is 5.56 Å². The van der Waals surface area contributed by atoms with Gasteiger partial charge in [-0.3, -0.25) is 0 Å². The van der Waals surface area contributed by atoms with Gasteiger partial charge in [0.2, 0.25) is 0 Å². The number of hydrogen-bond donors (Lipinski definition) is 0. The molecule has 1 radical (unpaired) electrons. The minimum absolute atomic E-state index is 0.177. The molecular weight excluding hydrogens is 148 g/mol. The first-order valence-corrected chi connectivity index (χ1v) is 4.27. The molecule has 0 amide bonds. The molecule has 0 saturated heterocycles. The van der Waals surface area contributed by atoms with Crippen LogP contribution in [0, 0.1) is 6.07 Å². The average Bonchev–Trinajstić information content (AvgIpc) is 2.06. The first-order valence-electron chi connectivity index (χ1n) is 4.27. The van der Waals surface area contributed by atoms with E-state index in [0.29, 0.717) is 0 Å². The zero-order valence-corrected chi connectivity index (χ0v) is 7.92. The first-order chi connectivity index (χ1) is 5.67. The molecule has 1 nitrogen and oxygen atoms in total. The van der Waals surface area contributed by atoms with Crippen LogP contribution in [0.25, 0.3) is 0 Å². The highest BCUT2D eigenvalue weighted by molar-refractivity contribution is 5.20. The predicted molar refractivity (Wildman–Crippen MR) is 49.9 cm³/mol. The van der Waals surface area contributed by atoms with Gasteiger partial charge in [-0.05, 0) is 32.4 Å². The van der Waals surface area contributed by atoms with E-state index < -0.39 is 0 Å². The monoisotopic (exact) mass is 163 g/mol. The van der Waals surface area contributed by atoms with Gasteiger partial charge >= 0.3 is 0 Å².